The average Bonchev–Trinajstić information content (AvgIpc) is 2.92. The monoisotopic (exact) mass is 257 g/mol. The molecular formula is C18H27N. The molecule has 1 aromatic carbocycles. The fourth-order valence-corrected chi connectivity index (χ4v) is 3.75. The molecule has 0 amide bonds. The number of hydrogen-bond donors (Lipinski definition) is 1. The van der Waals surface area contributed by atoms with Gasteiger partial charge in [0, 0.05) is 6.54 Å². The van der Waals surface area contributed by atoms with Gasteiger partial charge in [-0.1, -0.05) is 50.3 Å². The molecule has 104 valence electrons. The van der Waals surface area contributed by atoms with Gasteiger partial charge < -0.3 is 5.32 Å². The van der Waals surface area contributed by atoms with Crippen LogP contribution in [0.4, 0.5) is 0 Å². The average molecular weight is 257 g/mol. The van der Waals surface area contributed by atoms with Crippen molar-refractivity contribution in [2.24, 2.45) is 5.92 Å². The predicted molar refractivity (Wildman–Crippen MR) is 81.4 cm³/mol. The first-order chi connectivity index (χ1) is 9.42. The highest BCUT2D eigenvalue weighted by atomic mass is 14.8. The van der Waals surface area contributed by atoms with Gasteiger partial charge >= 0.3 is 0 Å². The second-order valence-corrected chi connectivity index (χ2v) is 6.43. The highest BCUT2D eigenvalue weighted by molar-refractivity contribution is 5.35. The Kier molecular flexibility index (Phi) is 4.55. The molecule has 1 saturated carbocycles. The molecule has 3 rings (SSSR count). The minimum atomic E-state index is 1.00. The molecule has 0 spiro atoms. The molecule has 0 heterocycles. The maximum absolute atomic E-state index is 3.64. The van der Waals surface area contributed by atoms with Crippen LogP contribution in [0.25, 0.3) is 0 Å². The first-order valence-corrected chi connectivity index (χ1v) is 8.23. The summed E-state index contributed by atoms with van der Waals surface area (Å²) in [6.45, 7) is 2.25. The summed E-state index contributed by atoms with van der Waals surface area (Å²) in [5, 5.41) is 3.64. The zero-order chi connectivity index (χ0) is 12.9. The molecule has 1 heteroatoms. The molecular weight excluding hydrogens is 230 g/mol. The van der Waals surface area contributed by atoms with Crippen molar-refractivity contribution in [2.45, 2.75) is 64.3 Å². The largest absolute Gasteiger partial charge is 0.313 e. The molecule has 0 bridgehead atoms. The van der Waals surface area contributed by atoms with E-state index < -0.39 is 0 Å². The second kappa shape index (κ2) is 6.56. The molecule has 0 aromatic heterocycles. The fraction of sp³-hybridized carbons (Fsp3) is 0.667. The van der Waals surface area contributed by atoms with E-state index in [1.54, 1.807) is 11.1 Å². The van der Waals surface area contributed by atoms with Gasteiger partial charge in [0.25, 0.3) is 0 Å². The minimum Gasteiger partial charge on any atom is -0.313 e. The number of rotatable bonds is 5. The van der Waals surface area contributed by atoms with Crippen LogP contribution >= 0.6 is 0 Å². The Labute approximate surface area is 117 Å². The van der Waals surface area contributed by atoms with E-state index in [0.29, 0.717) is 0 Å². The lowest BCUT2D eigenvalue weighted by atomic mass is 9.87. The van der Waals surface area contributed by atoms with E-state index in [4.69, 9.17) is 0 Å². The molecule has 0 saturated heterocycles. The lowest BCUT2D eigenvalue weighted by molar-refractivity contribution is 0.334. The summed E-state index contributed by atoms with van der Waals surface area (Å²) < 4.78 is 0. The summed E-state index contributed by atoms with van der Waals surface area (Å²) >= 11 is 0. The molecule has 1 nitrogen and oxygen atoms in total. The number of nitrogens with one attached hydrogen (secondary N) is 1. The van der Waals surface area contributed by atoms with Gasteiger partial charge in [0.15, 0.2) is 0 Å². The third-order valence-corrected chi connectivity index (χ3v) is 4.95. The van der Waals surface area contributed by atoms with Crippen molar-refractivity contribution in [2.75, 3.05) is 6.54 Å². The first kappa shape index (κ1) is 13.2. The smallest absolute Gasteiger partial charge is 0.0205 e. The second-order valence-electron chi connectivity index (χ2n) is 6.43. The zero-order valence-electron chi connectivity index (χ0n) is 12.1. The van der Waals surface area contributed by atoms with Gasteiger partial charge in [-0.2, -0.15) is 0 Å². The summed E-state index contributed by atoms with van der Waals surface area (Å²) in [5.74, 6) is 1.00. The third-order valence-electron chi connectivity index (χ3n) is 4.95. The van der Waals surface area contributed by atoms with Crippen LogP contribution in [0.3, 0.4) is 0 Å². The Morgan fingerprint density at radius 1 is 0.947 bits per heavy atom. The fourth-order valence-electron chi connectivity index (χ4n) is 3.75. The Balaban J connectivity index is 1.40. The molecule has 0 aliphatic heterocycles. The van der Waals surface area contributed by atoms with Crippen LogP contribution in [0.2, 0.25) is 0 Å². The lowest BCUT2D eigenvalue weighted by Gasteiger charge is -2.21. The van der Waals surface area contributed by atoms with Crippen LogP contribution in [0.15, 0.2) is 18.2 Å². The van der Waals surface area contributed by atoms with Crippen molar-refractivity contribution in [3.63, 3.8) is 0 Å². The third kappa shape index (κ3) is 3.60. The molecule has 0 radical (unpaired) electrons. The Morgan fingerprint density at radius 3 is 2.68 bits per heavy atom. The molecule has 1 aromatic rings. The van der Waals surface area contributed by atoms with E-state index in [9.17, 15) is 0 Å². The van der Waals surface area contributed by atoms with E-state index in [-0.39, 0.29) is 0 Å². The Hall–Kier alpha value is -0.820. The molecule has 0 atom stereocenters. The van der Waals surface area contributed by atoms with Crippen LogP contribution in [0.1, 0.15) is 61.6 Å². The van der Waals surface area contributed by atoms with Crippen molar-refractivity contribution >= 4 is 0 Å². The van der Waals surface area contributed by atoms with E-state index in [1.165, 1.54) is 69.9 Å². The number of benzene rings is 1. The lowest BCUT2D eigenvalue weighted by Crippen LogP contribution is -2.19. The highest BCUT2D eigenvalue weighted by Gasteiger charge is 2.13. The highest BCUT2D eigenvalue weighted by Crippen LogP contribution is 2.26. The van der Waals surface area contributed by atoms with Crippen molar-refractivity contribution in [1.29, 1.82) is 0 Å². The van der Waals surface area contributed by atoms with Crippen LogP contribution < -0.4 is 5.32 Å². The molecule has 19 heavy (non-hydrogen) atoms. The molecule has 0 unspecified atom stereocenters. The van der Waals surface area contributed by atoms with Crippen LogP contribution in [0.5, 0.6) is 0 Å². The van der Waals surface area contributed by atoms with E-state index in [1.807, 2.05) is 0 Å². The Bertz CT molecular complexity index is 404. The number of hydrogen-bond acceptors (Lipinski definition) is 1. The van der Waals surface area contributed by atoms with Crippen molar-refractivity contribution in [3.8, 4) is 0 Å². The van der Waals surface area contributed by atoms with Gasteiger partial charge in [-0.05, 0) is 54.8 Å². The van der Waals surface area contributed by atoms with Gasteiger partial charge in [0.1, 0.15) is 0 Å². The number of aryl methyl sites for hydroxylation is 2. The van der Waals surface area contributed by atoms with E-state index in [2.05, 4.69) is 23.5 Å². The summed E-state index contributed by atoms with van der Waals surface area (Å²) in [6.07, 6.45) is 12.7. The first-order valence-electron chi connectivity index (χ1n) is 8.23. The minimum absolute atomic E-state index is 1.00. The Morgan fingerprint density at radius 2 is 1.79 bits per heavy atom. The van der Waals surface area contributed by atoms with Gasteiger partial charge in [-0.3, -0.25) is 0 Å². The van der Waals surface area contributed by atoms with E-state index >= 15 is 0 Å². The van der Waals surface area contributed by atoms with Gasteiger partial charge in [0.05, 0.1) is 0 Å². The SMILES string of the molecule is c1cc2c(cc1CNCCC1CCCCC1)CCC2. The molecule has 1 N–H and O–H groups in total. The summed E-state index contributed by atoms with van der Waals surface area (Å²) in [6, 6.07) is 7.09. The predicted octanol–water partition coefficient (Wildman–Crippen LogP) is 4.24. The molecule has 2 aliphatic carbocycles. The number of fused-ring (bicyclic) bond motifs is 1. The zero-order valence-corrected chi connectivity index (χ0v) is 12.1. The van der Waals surface area contributed by atoms with Crippen molar-refractivity contribution in [3.05, 3.63) is 34.9 Å². The standard InChI is InChI=1S/C18H27N/c1-2-5-15(6-3-1)11-12-19-14-16-9-10-17-7-4-8-18(17)13-16/h9-10,13,15,19H,1-8,11-12,14H2. The van der Waals surface area contributed by atoms with Crippen LogP contribution in [0, 0.1) is 5.92 Å². The summed E-state index contributed by atoms with van der Waals surface area (Å²) in [5.41, 5.74) is 4.67. The van der Waals surface area contributed by atoms with Crippen molar-refractivity contribution in [1.82, 2.24) is 5.32 Å². The van der Waals surface area contributed by atoms with Crippen LogP contribution in [-0.4, -0.2) is 6.54 Å². The van der Waals surface area contributed by atoms with Gasteiger partial charge in [-0.15, -0.1) is 0 Å². The summed E-state index contributed by atoms with van der Waals surface area (Å²) in [7, 11) is 0. The maximum atomic E-state index is 3.64. The normalized spacial score (nSPS) is 19.6. The molecule has 1 fully saturated rings. The quantitative estimate of drug-likeness (QED) is 0.778. The topological polar surface area (TPSA) is 12.0 Å². The van der Waals surface area contributed by atoms with Gasteiger partial charge in [0.2, 0.25) is 0 Å². The van der Waals surface area contributed by atoms with E-state index in [0.717, 1.165) is 12.5 Å². The maximum Gasteiger partial charge on any atom is 0.0205 e. The van der Waals surface area contributed by atoms with Crippen LogP contribution in [-0.2, 0) is 19.4 Å². The summed E-state index contributed by atoms with van der Waals surface area (Å²) in [4.78, 5) is 0. The van der Waals surface area contributed by atoms with Gasteiger partial charge in [-0.25, -0.2) is 0 Å². The van der Waals surface area contributed by atoms with Crippen molar-refractivity contribution < 1.29 is 0 Å². The molecule has 2 aliphatic rings.